The molecule has 25 heavy (non-hydrogen) atoms. The summed E-state index contributed by atoms with van der Waals surface area (Å²) in [6.07, 6.45) is 3.23. The summed E-state index contributed by atoms with van der Waals surface area (Å²) in [6.45, 7) is 3.07. The van der Waals surface area contributed by atoms with Crippen molar-refractivity contribution in [3.8, 4) is 0 Å². The first-order valence-electron chi connectivity index (χ1n) is 7.74. The number of nitrogens with zero attached hydrogens (tertiary/aromatic N) is 2. The molecule has 0 spiro atoms. The maximum Gasteiger partial charge on any atom is 0.243 e. The summed E-state index contributed by atoms with van der Waals surface area (Å²) >= 11 is 12.0. The normalized spacial score (nSPS) is 11.1. The minimum atomic E-state index is -0.192. The first kappa shape index (κ1) is 19.0. The largest absolute Gasteiger partial charge is 0.357 e. The van der Waals surface area contributed by atoms with Crippen LogP contribution in [0.2, 0.25) is 10.0 Å². The van der Waals surface area contributed by atoms with Gasteiger partial charge in [0.05, 0.1) is 25.0 Å². The Hall–Kier alpha value is -2.31. The van der Waals surface area contributed by atoms with Crippen molar-refractivity contribution in [2.45, 2.75) is 13.5 Å². The molecule has 0 fully saturated rings. The monoisotopic (exact) mass is 379 g/mol. The number of aliphatic imine (C=N–C) groups is 1. The average Bonchev–Trinajstić information content (AvgIpc) is 2.59. The molecule has 1 aromatic heterocycles. The minimum absolute atomic E-state index is 0.0784. The number of carbonyl (C=O) groups is 1. The van der Waals surface area contributed by atoms with Gasteiger partial charge in [0.15, 0.2) is 5.96 Å². The van der Waals surface area contributed by atoms with Crippen LogP contribution in [0, 0.1) is 0 Å². The van der Waals surface area contributed by atoms with E-state index in [0.717, 1.165) is 5.56 Å². The molecule has 0 unspecified atom stereocenters. The van der Waals surface area contributed by atoms with Gasteiger partial charge in [-0.1, -0.05) is 29.3 Å². The molecule has 3 N–H and O–H groups in total. The Morgan fingerprint density at radius 3 is 2.76 bits per heavy atom. The van der Waals surface area contributed by atoms with E-state index in [0.29, 0.717) is 34.8 Å². The molecule has 132 valence electrons. The second-order valence-corrected chi connectivity index (χ2v) is 5.92. The number of nitrogens with one attached hydrogen (secondary N) is 3. The summed E-state index contributed by atoms with van der Waals surface area (Å²) in [7, 11) is 0. The summed E-state index contributed by atoms with van der Waals surface area (Å²) in [5.74, 6) is 0.331. The third-order valence-corrected chi connectivity index (χ3v) is 3.72. The predicted octanol–water partition coefficient (Wildman–Crippen LogP) is 3.08. The zero-order valence-corrected chi connectivity index (χ0v) is 15.2. The van der Waals surface area contributed by atoms with E-state index in [1.807, 2.05) is 13.0 Å². The van der Waals surface area contributed by atoms with Gasteiger partial charge in [-0.3, -0.25) is 9.78 Å². The first-order chi connectivity index (χ1) is 12.1. The first-order valence-corrected chi connectivity index (χ1v) is 8.50. The van der Waals surface area contributed by atoms with Crippen LogP contribution in [0.3, 0.4) is 0 Å². The molecule has 1 heterocycles. The van der Waals surface area contributed by atoms with Crippen molar-refractivity contribution in [1.82, 2.24) is 15.6 Å². The van der Waals surface area contributed by atoms with Crippen LogP contribution in [-0.4, -0.2) is 29.9 Å². The van der Waals surface area contributed by atoms with Gasteiger partial charge in [-0.25, -0.2) is 4.99 Å². The van der Waals surface area contributed by atoms with Crippen LogP contribution in [0.15, 0.2) is 47.7 Å². The zero-order valence-electron chi connectivity index (χ0n) is 13.7. The number of hydrogen-bond donors (Lipinski definition) is 3. The highest BCUT2D eigenvalue weighted by Crippen LogP contribution is 2.21. The molecule has 0 aliphatic carbocycles. The van der Waals surface area contributed by atoms with E-state index < -0.39 is 0 Å². The SMILES string of the molecule is CCNC(=NCc1ccc(Cl)cc1Cl)NCC(=O)Nc1cccnc1. The lowest BCUT2D eigenvalue weighted by atomic mass is 10.2. The fourth-order valence-electron chi connectivity index (χ4n) is 1.96. The molecule has 0 saturated heterocycles. The molecule has 1 amide bonds. The van der Waals surface area contributed by atoms with Crippen LogP contribution < -0.4 is 16.0 Å². The van der Waals surface area contributed by atoms with Gasteiger partial charge < -0.3 is 16.0 Å². The number of pyridine rings is 1. The number of halogens is 2. The number of benzene rings is 1. The standard InChI is InChI=1S/C17H19Cl2N5O/c1-2-21-17(22-9-12-5-6-13(18)8-15(12)19)23-11-16(25)24-14-4-3-7-20-10-14/h3-8,10H,2,9,11H2,1H3,(H,24,25)(H2,21,22,23). The fourth-order valence-corrected chi connectivity index (χ4v) is 2.43. The molecular formula is C17H19Cl2N5O. The Morgan fingerprint density at radius 1 is 1.24 bits per heavy atom. The lowest BCUT2D eigenvalue weighted by Crippen LogP contribution is -2.41. The quantitative estimate of drug-likeness (QED) is 0.532. The summed E-state index contributed by atoms with van der Waals surface area (Å²) in [4.78, 5) is 20.3. The third kappa shape index (κ3) is 6.60. The number of aromatic nitrogens is 1. The van der Waals surface area contributed by atoms with Gasteiger partial charge in [-0.05, 0) is 36.8 Å². The van der Waals surface area contributed by atoms with E-state index >= 15 is 0 Å². The second-order valence-electron chi connectivity index (χ2n) is 5.07. The molecule has 8 heteroatoms. The van der Waals surface area contributed by atoms with Gasteiger partial charge in [0.1, 0.15) is 0 Å². The van der Waals surface area contributed by atoms with E-state index in [9.17, 15) is 4.79 Å². The highest BCUT2D eigenvalue weighted by atomic mass is 35.5. The predicted molar refractivity (Wildman–Crippen MR) is 102 cm³/mol. The van der Waals surface area contributed by atoms with E-state index in [1.165, 1.54) is 0 Å². The van der Waals surface area contributed by atoms with E-state index in [2.05, 4.69) is 25.9 Å². The molecule has 0 aliphatic rings. The molecule has 6 nitrogen and oxygen atoms in total. The lowest BCUT2D eigenvalue weighted by Gasteiger charge is -2.12. The molecule has 0 atom stereocenters. The average molecular weight is 380 g/mol. The molecule has 1 aromatic carbocycles. The number of guanidine groups is 1. The van der Waals surface area contributed by atoms with Gasteiger partial charge in [-0.2, -0.15) is 0 Å². The van der Waals surface area contributed by atoms with Gasteiger partial charge in [0.2, 0.25) is 5.91 Å². The minimum Gasteiger partial charge on any atom is -0.357 e. The van der Waals surface area contributed by atoms with Crippen molar-refractivity contribution in [3.05, 3.63) is 58.3 Å². The van der Waals surface area contributed by atoms with Gasteiger partial charge in [-0.15, -0.1) is 0 Å². The molecule has 0 bridgehead atoms. The van der Waals surface area contributed by atoms with Crippen LogP contribution in [-0.2, 0) is 11.3 Å². The van der Waals surface area contributed by atoms with Crippen LogP contribution in [0.5, 0.6) is 0 Å². The summed E-state index contributed by atoms with van der Waals surface area (Å²) < 4.78 is 0. The van der Waals surface area contributed by atoms with Gasteiger partial charge in [0, 0.05) is 22.8 Å². The Kier molecular flexibility index (Phi) is 7.50. The van der Waals surface area contributed by atoms with Crippen molar-refractivity contribution < 1.29 is 4.79 Å². The third-order valence-electron chi connectivity index (χ3n) is 3.13. The van der Waals surface area contributed by atoms with Crippen molar-refractivity contribution >= 4 is 40.8 Å². The number of rotatable bonds is 6. The van der Waals surface area contributed by atoms with E-state index in [1.54, 1.807) is 36.7 Å². The summed E-state index contributed by atoms with van der Waals surface area (Å²) in [5, 5.41) is 9.94. The molecule has 2 rings (SSSR count). The number of anilines is 1. The highest BCUT2D eigenvalue weighted by molar-refractivity contribution is 6.35. The van der Waals surface area contributed by atoms with Crippen LogP contribution >= 0.6 is 23.2 Å². The second kappa shape index (κ2) is 9.86. The van der Waals surface area contributed by atoms with E-state index in [4.69, 9.17) is 23.2 Å². The van der Waals surface area contributed by atoms with Crippen LogP contribution in [0.4, 0.5) is 5.69 Å². The summed E-state index contributed by atoms with van der Waals surface area (Å²) in [6, 6.07) is 8.79. The van der Waals surface area contributed by atoms with E-state index in [-0.39, 0.29) is 12.5 Å². The highest BCUT2D eigenvalue weighted by Gasteiger charge is 2.05. The molecule has 0 saturated carbocycles. The number of amides is 1. The van der Waals surface area contributed by atoms with Crippen molar-refractivity contribution in [2.75, 3.05) is 18.4 Å². The summed E-state index contributed by atoms with van der Waals surface area (Å²) in [5.41, 5.74) is 1.49. The van der Waals surface area contributed by atoms with Crippen molar-refractivity contribution in [2.24, 2.45) is 4.99 Å². The number of hydrogen-bond acceptors (Lipinski definition) is 3. The molecular weight excluding hydrogens is 361 g/mol. The Labute approximate surface area is 156 Å². The van der Waals surface area contributed by atoms with Gasteiger partial charge in [0.25, 0.3) is 0 Å². The number of carbonyl (C=O) groups excluding carboxylic acids is 1. The Bertz CT molecular complexity index is 737. The maximum absolute atomic E-state index is 12.0. The lowest BCUT2D eigenvalue weighted by molar-refractivity contribution is -0.115. The topological polar surface area (TPSA) is 78.4 Å². The Balaban J connectivity index is 1.92. The smallest absolute Gasteiger partial charge is 0.243 e. The van der Waals surface area contributed by atoms with Crippen LogP contribution in [0.25, 0.3) is 0 Å². The maximum atomic E-state index is 12.0. The molecule has 0 aliphatic heterocycles. The van der Waals surface area contributed by atoms with Crippen LogP contribution in [0.1, 0.15) is 12.5 Å². The molecule has 0 radical (unpaired) electrons. The fraction of sp³-hybridized carbons (Fsp3) is 0.235. The van der Waals surface area contributed by atoms with Crippen molar-refractivity contribution in [1.29, 1.82) is 0 Å². The zero-order chi connectivity index (χ0) is 18.1. The molecule has 2 aromatic rings. The van der Waals surface area contributed by atoms with Gasteiger partial charge >= 0.3 is 0 Å². The Morgan fingerprint density at radius 2 is 2.08 bits per heavy atom. The van der Waals surface area contributed by atoms with Crippen molar-refractivity contribution in [3.63, 3.8) is 0 Å².